The van der Waals surface area contributed by atoms with Crippen molar-refractivity contribution in [3.05, 3.63) is 12.2 Å². The Balaban J connectivity index is 4.55. The van der Waals surface area contributed by atoms with E-state index in [1.807, 2.05) is 0 Å². The van der Waals surface area contributed by atoms with E-state index in [2.05, 4.69) is 38.2 Å². The molecule has 57 heavy (non-hydrogen) atoms. The average Bonchev–Trinajstić information content (AvgIpc) is 3.20. The summed E-state index contributed by atoms with van der Waals surface area (Å²) in [6, 6.07) is -0.695. The minimum absolute atomic E-state index is 0.0813. The van der Waals surface area contributed by atoms with E-state index in [9.17, 15) is 19.8 Å². The van der Waals surface area contributed by atoms with Gasteiger partial charge in [-0.25, -0.2) is 0 Å². The quantitative estimate of drug-likeness (QED) is 0.0323. The fraction of sp³-hybridized carbons (Fsp3) is 0.922. The van der Waals surface area contributed by atoms with E-state index in [4.69, 9.17) is 4.74 Å². The van der Waals surface area contributed by atoms with E-state index in [0.29, 0.717) is 19.3 Å². The monoisotopic (exact) mass is 806 g/mol. The van der Waals surface area contributed by atoms with Crippen LogP contribution in [0.15, 0.2) is 12.2 Å². The molecule has 0 spiro atoms. The number of esters is 1. The Morgan fingerprint density at radius 1 is 0.491 bits per heavy atom. The van der Waals surface area contributed by atoms with Gasteiger partial charge in [-0.2, -0.15) is 0 Å². The SMILES string of the molecule is CCCCC/C=C\CCCCCCCC(=O)OC(CCCCCCCCCCCCCCCCCC)CC(=O)NC(CO)C(O)CCCCCCCCCCCC. The number of nitrogens with one attached hydrogen (secondary N) is 1. The number of unbranched alkanes of at least 4 members (excludes halogenated alkanes) is 32. The smallest absolute Gasteiger partial charge is 0.306 e. The van der Waals surface area contributed by atoms with Gasteiger partial charge in [-0.1, -0.05) is 226 Å². The summed E-state index contributed by atoms with van der Waals surface area (Å²) in [6.07, 6.45) is 49.8. The number of aliphatic hydroxyl groups is 2. The zero-order valence-electron chi connectivity index (χ0n) is 38.5. The number of allylic oxidation sites excluding steroid dienone is 2. The minimum atomic E-state index is -0.781. The van der Waals surface area contributed by atoms with Crippen molar-refractivity contribution in [1.29, 1.82) is 0 Å². The molecule has 0 radical (unpaired) electrons. The Morgan fingerprint density at radius 3 is 1.28 bits per heavy atom. The number of amides is 1. The van der Waals surface area contributed by atoms with Gasteiger partial charge in [0, 0.05) is 6.42 Å². The van der Waals surface area contributed by atoms with Crippen LogP contribution in [0.3, 0.4) is 0 Å². The van der Waals surface area contributed by atoms with Crippen LogP contribution in [0.1, 0.15) is 278 Å². The molecule has 0 saturated carbocycles. The predicted octanol–water partition coefficient (Wildman–Crippen LogP) is 15.0. The third kappa shape index (κ3) is 41.1. The standard InChI is InChI=1S/C51H99NO5/c1-4-7-10-13-16-19-22-24-25-26-27-28-30-33-36-39-42-47(57-51(56)44-41-38-35-32-29-23-20-17-14-11-8-5-2)45-50(55)52-48(46-53)49(54)43-40-37-34-31-21-18-15-12-9-6-3/h17,20,47-49,53-54H,4-16,18-19,21-46H2,1-3H3,(H,52,55)/b20-17-. The number of ether oxygens (including phenoxy) is 1. The van der Waals surface area contributed by atoms with Crippen LogP contribution in [0, 0.1) is 0 Å². The Bertz CT molecular complexity index is 863. The van der Waals surface area contributed by atoms with Crippen molar-refractivity contribution in [2.45, 2.75) is 296 Å². The molecule has 0 aliphatic rings. The minimum Gasteiger partial charge on any atom is -0.462 e. The van der Waals surface area contributed by atoms with Crippen molar-refractivity contribution in [3.8, 4) is 0 Å². The van der Waals surface area contributed by atoms with Gasteiger partial charge in [-0.05, 0) is 51.4 Å². The molecule has 0 aromatic rings. The van der Waals surface area contributed by atoms with Gasteiger partial charge in [-0.3, -0.25) is 9.59 Å². The molecule has 3 unspecified atom stereocenters. The van der Waals surface area contributed by atoms with Gasteiger partial charge in [-0.15, -0.1) is 0 Å². The molecule has 0 aliphatic carbocycles. The summed E-state index contributed by atoms with van der Waals surface area (Å²) in [5, 5.41) is 23.7. The molecule has 0 bridgehead atoms. The van der Waals surface area contributed by atoms with E-state index in [0.717, 1.165) is 51.4 Å². The maximum Gasteiger partial charge on any atom is 0.306 e. The molecule has 1 amide bonds. The first-order valence-electron chi connectivity index (χ1n) is 25.4. The van der Waals surface area contributed by atoms with Gasteiger partial charge in [0.2, 0.25) is 5.91 Å². The van der Waals surface area contributed by atoms with E-state index in [-0.39, 0.29) is 24.9 Å². The fourth-order valence-corrected chi connectivity index (χ4v) is 7.96. The molecular formula is C51H99NO5. The summed E-state index contributed by atoms with van der Waals surface area (Å²) in [6.45, 7) is 6.47. The second-order valence-electron chi connectivity index (χ2n) is 17.6. The van der Waals surface area contributed by atoms with Crippen molar-refractivity contribution >= 4 is 11.9 Å². The number of aliphatic hydroxyl groups excluding tert-OH is 2. The fourth-order valence-electron chi connectivity index (χ4n) is 7.96. The third-order valence-electron chi connectivity index (χ3n) is 11.8. The molecule has 338 valence electrons. The molecule has 0 heterocycles. The molecule has 0 rings (SSSR count). The average molecular weight is 806 g/mol. The molecule has 0 aromatic carbocycles. The zero-order valence-corrected chi connectivity index (χ0v) is 38.5. The summed E-state index contributed by atoms with van der Waals surface area (Å²) >= 11 is 0. The molecular weight excluding hydrogens is 707 g/mol. The Hall–Kier alpha value is -1.40. The van der Waals surface area contributed by atoms with Crippen molar-refractivity contribution in [3.63, 3.8) is 0 Å². The lowest BCUT2D eigenvalue weighted by atomic mass is 10.0. The molecule has 0 aromatic heterocycles. The third-order valence-corrected chi connectivity index (χ3v) is 11.8. The highest BCUT2D eigenvalue weighted by atomic mass is 16.5. The normalized spacial score (nSPS) is 13.3. The summed E-state index contributed by atoms with van der Waals surface area (Å²) in [5.74, 6) is -0.469. The Kier molecular flexibility index (Phi) is 44.6. The van der Waals surface area contributed by atoms with Crippen LogP contribution in [0.4, 0.5) is 0 Å². The maximum atomic E-state index is 13.2. The number of hydrogen-bond acceptors (Lipinski definition) is 5. The molecule has 6 heteroatoms. The highest BCUT2D eigenvalue weighted by Crippen LogP contribution is 2.18. The lowest BCUT2D eigenvalue weighted by molar-refractivity contribution is -0.151. The van der Waals surface area contributed by atoms with Gasteiger partial charge < -0.3 is 20.3 Å². The Labute approximate surface area is 355 Å². The number of carbonyl (C=O) groups is 2. The molecule has 6 nitrogen and oxygen atoms in total. The van der Waals surface area contributed by atoms with Crippen molar-refractivity contribution in [1.82, 2.24) is 5.32 Å². The molecule has 3 atom stereocenters. The summed E-state index contributed by atoms with van der Waals surface area (Å²) in [5.41, 5.74) is 0. The molecule has 0 fully saturated rings. The van der Waals surface area contributed by atoms with Crippen molar-refractivity contribution < 1.29 is 24.5 Å². The molecule has 3 N–H and O–H groups in total. The lowest BCUT2D eigenvalue weighted by Crippen LogP contribution is -2.46. The van der Waals surface area contributed by atoms with Gasteiger partial charge in [0.25, 0.3) is 0 Å². The van der Waals surface area contributed by atoms with Crippen LogP contribution in [0.5, 0.6) is 0 Å². The van der Waals surface area contributed by atoms with Gasteiger partial charge in [0.05, 0.1) is 25.2 Å². The van der Waals surface area contributed by atoms with Crippen molar-refractivity contribution in [2.75, 3.05) is 6.61 Å². The summed E-state index contributed by atoms with van der Waals surface area (Å²) in [4.78, 5) is 26.1. The van der Waals surface area contributed by atoms with E-state index in [1.165, 1.54) is 180 Å². The second-order valence-corrected chi connectivity index (χ2v) is 17.6. The first-order chi connectivity index (χ1) is 28.0. The topological polar surface area (TPSA) is 95.9 Å². The summed E-state index contributed by atoms with van der Waals surface area (Å²) in [7, 11) is 0. The van der Waals surface area contributed by atoms with Crippen LogP contribution < -0.4 is 5.32 Å². The van der Waals surface area contributed by atoms with Gasteiger partial charge in [0.15, 0.2) is 0 Å². The lowest BCUT2D eigenvalue weighted by Gasteiger charge is -2.24. The number of hydrogen-bond donors (Lipinski definition) is 3. The van der Waals surface area contributed by atoms with Crippen LogP contribution in [-0.2, 0) is 14.3 Å². The van der Waals surface area contributed by atoms with Crippen LogP contribution in [-0.4, -0.2) is 46.9 Å². The first-order valence-corrected chi connectivity index (χ1v) is 25.4. The zero-order chi connectivity index (χ0) is 41.7. The van der Waals surface area contributed by atoms with Crippen LogP contribution in [0.2, 0.25) is 0 Å². The largest absolute Gasteiger partial charge is 0.462 e. The Morgan fingerprint density at radius 2 is 0.842 bits per heavy atom. The first kappa shape index (κ1) is 55.6. The second kappa shape index (κ2) is 45.7. The molecule has 0 aliphatic heterocycles. The summed E-state index contributed by atoms with van der Waals surface area (Å²) < 4.78 is 5.93. The van der Waals surface area contributed by atoms with Crippen LogP contribution >= 0.6 is 0 Å². The van der Waals surface area contributed by atoms with E-state index < -0.39 is 18.2 Å². The number of carbonyl (C=O) groups excluding carboxylic acids is 2. The molecule has 0 saturated heterocycles. The van der Waals surface area contributed by atoms with Crippen molar-refractivity contribution in [2.24, 2.45) is 0 Å². The highest BCUT2D eigenvalue weighted by molar-refractivity contribution is 5.77. The predicted molar refractivity (Wildman–Crippen MR) is 246 cm³/mol. The highest BCUT2D eigenvalue weighted by Gasteiger charge is 2.24. The van der Waals surface area contributed by atoms with E-state index in [1.54, 1.807) is 0 Å². The van der Waals surface area contributed by atoms with Crippen LogP contribution in [0.25, 0.3) is 0 Å². The van der Waals surface area contributed by atoms with Gasteiger partial charge >= 0.3 is 5.97 Å². The number of rotatable bonds is 46. The van der Waals surface area contributed by atoms with Gasteiger partial charge in [0.1, 0.15) is 6.10 Å². The van der Waals surface area contributed by atoms with E-state index >= 15 is 0 Å². The maximum absolute atomic E-state index is 13.2.